The van der Waals surface area contributed by atoms with Crippen LogP contribution in [0.2, 0.25) is 0 Å². The molecular weight excluding hydrogens is 292 g/mol. The number of sulfonamides is 1. The van der Waals surface area contributed by atoms with E-state index in [9.17, 15) is 13.2 Å². The predicted molar refractivity (Wildman–Crippen MR) is 74.0 cm³/mol. The molecule has 19 heavy (non-hydrogen) atoms. The van der Waals surface area contributed by atoms with Crippen molar-refractivity contribution in [2.75, 3.05) is 20.2 Å². The Morgan fingerprint density at radius 3 is 2.53 bits per heavy atom. The Labute approximate surface area is 118 Å². The van der Waals surface area contributed by atoms with Crippen LogP contribution in [0.5, 0.6) is 0 Å². The van der Waals surface area contributed by atoms with Crippen LogP contribution in [-0.4, -0.2) is 34.6 Å². The fourth-order valence-electron chi connectivity index (χ4n) is 1.42. The summed E-state index contributed by atoms with van der Waals surface area (Å²) < 4.78 is 30.6. The van der Waals surface area contributed by atoms with Crippen molar-refractivity contribution in [3.63, 3.8) is 0 Å². The van der Waals surface area contributed by atoms with Crippen LogP contribution in [0.15, 0.2) is 23.1 Å². The normalized spacial score (nSPS) is 10.7. The number of nitrogens with two attached hydrogens (primary N) is 1. The van der Waals surface area contributed by atoms with Crippen LogP contribution in [0.25, 0.3) is 0 Å². The van der Waals surface area contributed by atoms with E-state index in [0.717, 1.165) is 0 Å². The first-order valence-electron chi connectivity index (χ1n) is 5.31. The number of benzene rings is 1. The maximum atomic E-state index is 11.8. The third kappa shape index (κ3) is 4.46. The fraction of sp³-hybridized carbons (Fsp3) is 0.364. The summed E-state index contributed by atoms with van der Waals surface area (Å²) in [4.78, 5) is 11.5. The summed E-state index contributed by atoms with van der Waals surface area (Å²) in [6.07, 6.45) is 0. The smallest absolute Gasteiger partial charge is 0.338 e. The fourth-order valence-corrected chi connectivity index (χ4v) is 2.55. The lowest BCUT2D eigenvalue weighted by Gasteiger charge is -2.08. The number of hydrogen-bond acceptors (Lipinski definition) is 5. The van der Waals surface area contributed by atoms with E-state index < -0.39 is 16.0 Å². The maximum Gasteiger partial charge on any atom is 0.338 e. The Morgan fingerprint density at radius 1 is 1.42 bits per heavy atom. The number of carbonyl (C=O) groups is 1. The zero-order chi connectivity index (χ0) is 13.8. The van der Waals surface area contributed by atoms with Crippen molar-refractivity contribution in [1.29, 1.82) is 0 Å². The third-order valence-electron chi connectivity index (χ3n) is 2.35. The minimum atomic E-state index is -3.58. The molecule has 0 atom stereocenters. The average Bonchev–Trinajstić information content (AvgIpc) is 2.35. The van der Waals surface area contributed by atoms with Gasteiger partial charge >= 0.3 is 5.97 Å². The summed E-state index contributed by atoms with van der Waals surface area (Å²) in [6, 6.07) is 4.21. The number of nitrogens with one attached hydrogen (secondary N) is 1. The van der Waals surface area contributed by atoms with Crippen molar-refractivity contribution in [1.82, 2.24) is 4.72 Å². The Hall–Kier alpha value is -1.15. The van der Waals surface area contributed by atoms with Crippen LogP contribution in [0.1, 0.15) is 15.9 Å². The molecule has 3 N–H and O–H groups in total. The first kappa shape index (κ1) is 17.8. The largest absolute Gasteiger partial charge is 0.465 e. The number of methoxy groups -OCH3 is 1. The lowest BCUT2D eigenvalue weighted by molar-refractivity contribution is 0.0600. The first-order chi connectivity index (χ1) is 8.42. The highest BCUT2D eigenvalue weighted by molar-refractivity contribution is 7.89. The van der Waals surface area contributed by atoms with Gasteiger partial charge in [0.2, 0.25) is 10.0 Å². The highest BCUT2D eigenvalue weighted by Crippen LogP contribution is 2.16. The molecule has 0 fully saturated rings. The predicted octanol–water partition coefficient (Wildman–Crippen LogP) is 0.440. The summed E-state index contributed by atoms with van der Waals surface area (Å²) in [7, 11) is -2.30. The van der Waals surface area contributed by atoms with Crippen molar-refractivity contribution in [2.45, 2.75) is 11.8 Å². The number of carbonyl (C=O) groups excluding carboxylic acids is 1. The lowest BCUT2D eigenvalue weighted by atomic mass is 10.1. The van der Waals surface area contributed by atoms with Gasteiger partial charge in [-0.05, 0) is 30.7 Å². The van der Waals surface area contributed by atoms with E-state index in [1.54, 1.807) is 6.92 Å². The second kappa shape index (κ2) is 7.44. The van der Waals surface area contributed by atoms with Gasteiger partial charge in [-0.25, -0.2) is 17.9 Å². The van der Waals surface area contributed by atoms with Gasteiger partial charge in [0.05, 0.1) is 17.6 Å². The Bertz CT molecular complexity index is 546. The van der Waals surface area contributed by atoms with Crippen molar-refractivity contribution in [2.24, 2.45) is 5.73 Å². The van der Waals surface area contributed by atoms with E-state index in [1.807, 2.05) is 0 Å². The molecular formula is C11H17ClN2O4S. The highest BCUT2D eigenvalue weighted by atomic mass is 35.5. The Morgan fingerprint density at radius 2 is 2.05 bits per heavy atom. The zero-order valence-corrected chi connectivity index (χ0v) is 12.3. The lowest BCUT2D eigenvalue weighted by Crippen LogP contribution is -2.29. The molecule has 1 aromatic carbocycles. The molecule has 0 aliphatic carbocycles. The Balaban J connectivity index is 0.00000324. The molecule has 0 saturated heterocycles. The van der Waals surface area contributed by atoms with E-state index in [1.165, 1.54) is 25.3 Å². The molecule has 0 heterocycles. The van der Waals surface area contributed by atoms with Gasteiger partial charge in [0, 0.05) is 13.1 Å². The van der Waals surface area contributed by atoms with Gasteiger partial charge in [-0.15, -0.1) is 12.4 Å². The minimum Gasteiger partial charge on any atom is -0.465 e. The molecule has 1 aromatic rings. The van der Waals surface area contributed by atoms with Crippen molar-refractivity contribution in [3.8, 4) is 0 Å². The van der Waals surface area contributed by atoms with Crippen molar-refractivity contribution < 1.29 is 17.9 Å². The van der Waals surface area contributed by atoms with Gasteiger partial charge in [-0.3, -0.25) is 0 Å². The van der Waals surface area contributed by atoms with Gasteiger partial charge in [0.1, 0.15) is 0 Å². The van der Waals surface area contributed by atoms with E-state index in [0.29, 0.717) is 11.1 Å². The van der Waals surface area contributed by atoms with E-state index in [-0.39, 0.29) is 30.4 Å². The molecule has 0 spiro atoms. The average molecular weight is 309 g/mol. The molecule has 0 bridgehead atoms. The molecule has 0 aliphatic heterocycles. The van der Waals surface area contributed by atoms with E-state index >= 15 is 0 Å². The molecule has 0 aliphatic rings. The second-order valence-electron chi connectivity index (χ2n) is 3.65. The minimum absolute atomic E-state index is 0. The number of rotatable bonds is 5. The number of aryl methyl sites for hydroxylation is 1. The van der Waals surface area contributed by atoms with Gasteiger partial charge in [0.15, 0.2) is 0 Å². The molecule has 0 radical (unpaired) electrons. The Kier molecular flexibility index (Phi) is 6.99. The molecule has 108 valence electrons. The summed E-state index contributed by atoms with van der Waals surface area (Å²) in [5.74, 6) is -0.494. The van der Waals surface area contributed by atoms with Crippen LogP contribution in [0.3, 0.4) is 0 Å². The standard InChI is InChI=1S/C11H16N2O4S.ClH/c1-8-7-9(18(15,16)13-6-5-12)3-4-10(8)11(14)17-2;/h3-4,7,13H,5-6,12H2,1-2H3;1H. The topological polar surface area (TPSA) is 98.5 Å². The second-order valence-corrected chi connectivity index (χ2v) is 5.42. The van der Waals surface area contributed by atoms with Crippen molar-refractivity contribution in [3.05, 3.63) is 29.3 Å². The van der Waals surface area contributed by atoms with Crippen LogP contribution in [-0.2, 0) is 14.8 Å². The van der Waals surface area contributed by atoms with Gasteiger partial charge < -0.3 is 10.5 Å². The van der Waals surface area contributed by atoms with Gasteiger partial charge in [-0.2, -0.15) is 0 Å². The summed E-state index contributed by atoms with van der Waals surface area (Å²) >= 11 is 0. The maximum absolute atomic E-state index is 11.8. The van der Waals surface area contributed by atoms with Crippen LogP contribution in [0, 0.1) is 6.92 Å². The quantitative estimate of drug-likeness (QED) is 0.769. The number of ether oxygens (including phenoxy) is 1. The number of halogens is 1. The zero-order valence-electron chi connectivity index (χ0n) is 10.7. The summed E-state index contributed by atoms with van der Waals surface area (Å²) in [5, 5.41) is 0. The molecule has 0 amide bonds. The number of hydrogen-bond donors (Lipinski definition) is 2. The van der Waals surface area contributed by atoms with Crippen molar-refractivity contribution >= 4 is 28.4 Å². The van der Waals surface area contributed by atoms with Crippen LogP contribution >= 0.6 is 12.4 Å². The van der Waals surface area contributed by atoms with Crippen LogP contribution in [0.4, 0.5) is 0 Å². The van der Waals surface area contributed by atoms with Gasteiger partial charge in [0.25, 0.3) is 0 Å². The highest BCUT2D eigenvalue weighted by Gasteiger charge is 2.16. The molecule has 0 aromatic heterocycles. The molecule has 1 rings (SSSR count). The van der Waals surface area contributed by atoms with Gasteiger partial charge in [-0.1, -0.05) is 0 Å². The third-order valence-corrected chi connectivity index (χ3v) is 3.81. The first-order valence-corrected chi connectivity index (χ1v) is 6.79. The molecule has 0 saturated carbocycles. The van der Waals surface area contributed by atoms with Crippen LogP contribution < -0.4 is 10.5 Å². The molecule has 8 heteroatoms. The SMILES string of the molecule is COC(=O)c1ccc(S(=O)(=O)NCCN)cc1C.Cl. The van der Waals surface area contributed by atoms with E-state index in [2.05, 4.69) is 9.46 Å². The molecule has 0 unspecified atom stereocenters. The molecule has 6 nitrogen and oxygen atoms in total. The summed E-state index contributed by atoms with van der Waals surface area (Å²) in [6.45, 7) is 2.03. The number of esters is 1. The van der Waals surface area contributed by atoms with E-state index in [4.69, 9.17) is 5.73 Å². The monoisotopic (exact) mass is 308 g/mol. The summed E-state index contributed by atoms with van der Waals surface area (Å²) in [5.41, 5.74) is 6.12.